The first-order valence-electron chi connectivity index (χ1n) is 6.66. The molecule has 1 aromatic carbocycles. The minimum atomic E-state index is -0.468. The summed E-state index contributed by atoms with van der Waals surface area (Å²) in [5.41, 5.74) is 9.27. The zero-order chi connectivity index (χ0) is 16.3. The van der Waals surface area contributed by atoms with Crippen molar-refractivity contribution in [2.45, 2.75) is 18.2 Å². The molecule has 116 valence electrons. The van der Waals surface area contributed by atoms with E-state index in [1.807, 2.05) is 13.0 Å². The van der Waals surface area contributed by atoms with Crippen molar-refractivity contribution >= 4 is 45.4 Å². The topological polar surface area (TPSA) is 64.7 Å². The average molecular weight is 384 g/mol. The van der Waals surface area contributed by atoms with Crippen LogP contribution >= 0.6 is 27.5 Å². The van der Waals surface area contributed by atoms with Crippen LogP contribution < -0.4 is 5.73 Å². The first-order chi connectivity index (χ1) is 10.4. The lowest BCUT2D eigenvalue weighted by molar-refractivity contribution is 0.0601. The maximum Gasteiger partial charge on any atom is 0.337 e. The lowest BCUT2D eigenvalue weighted by atomic mass is 10.0. The number of nitrogen functional groups attached to an aromatic ring is 1. The third-order valence-corrected chi connectivity index (χ3v) is 4.79. The lowest BCUT2D eigenvalue weighted by Crippen LogP contribution is -2.06. The summed E-state index contributed by atoms with van der Waals surface area (Å²) in [5, 5.41) is 0.299. The Labute approximate surface area is 142 Å². The Kier molecular flexibility index (Phi) is 5.42. The zero-order valence-electron chi connectivity index (χ0n) is 12.3. The Morgan fingerprint density at radius 1 is 1.55 bits per heavy atom. The van der Waals surface area contributed by atoms with Crippen LogP contribution in [0.15, 0.2) is 40.5 Å². The number of alkyl halides is 1. The van der Waals surface area contributed by atoms with Gasteiger partial charge in [-0.1, -0.05) is 33.6 Å². The van der Waals surface area contributed by atoms with Gasteiger partial charge in [0.25, 0.3) is 0 Å². The standard InChI is InChI=1S/C16H16BrClN2O2/c1-9-12(17)4-3-5-14(9)20-8-11-6-10(16(21)22-2)7-13(18)15(11)19/h3,5-8,12H,4,19H2,1-2H3. The van der Waals surface area contributed by atoms with E-state index in [9.17, 15) is 4.79 Å². The molecule has 2 N–H and O–H groups in total. The number of allylic oxidation sites excluding steroid dienone is 3. The van der Waals surface area contributed by atoms with Crippen molar-refractivity contribution in [3.8, 4) is 0 Å². The molecule has 0 amide bonds. The maximum absolute atomic E-state index is 11.6. The molecule has 0 saturated carbocycles. The second kappa shape index (κ2) is 7.11. The lowest BCUT2D eigenvalue weighted by Gasteiger charge is -2.14. The molecule has 0 spiro atoms. The largest absolute Gasteiger partial charge is 0.465 e. The molecule has 0 bridgehead atoms. The summed E-state index contributed by atoms with van der Waals surface area (Å²) in [6.45, 7) is 2.02. The van der Waals surface area contributed by atoms with E-state index < -0.39 is 5.97 Å². The zero-order valence-corrected chi connectivity index (χ0v) is 14.6. The number of aliphatic imine (C=N–C) groups is 1. The number of benzene rings is 1. The van der Waals surface area contributed by atoms with Crippen LogP contribution in [0.1, 0.15) is 29.3 Å². The van der Waals surface area contributed by atoms with Crippen LogP contribution in [-0.4, -0.2) is 24.1 Å². The number of carbonyl (C=O) groups is 1. The molecule has 0 saturated heterocycles. The Bertz CT molecular complexity index is 696. The molecule has 1 aliphatic carbocycles. The molecule has 6 heteroatoms. The van der Waals surface area contributed by atoms with Crippen molar-refractivity contribution in [3.63, 3.8) is 0 Å². The molecule has 0 aromatic heterocycles. The number of anilines is 1. The molecule has 1 unspecified atom stereocenters. The molecular formula is C16H16BrClN2O2. The van der Waals surface area contributed by atoms with E-state index in [0.717, 1.165) is 17.7 Å². The summed E-state index contributed by atoms with van der Waals surface area (Å²) in [5.74, 6) is -0.468. The summed E-state index contributed by atoms with van der Waals surface area (Å²) in [6.07, 6.45) is 6.57. The Hall–Kier alpha value is -1.59. The Morgan fingerprint density at radius 2 is 2.27 bits per heavy atom. The SMILES string of the molecule is COC(=O)c1cc(Cl)c(N)c(C=NC2=C(C)C(Br)CC=C2)c1. The van der Waals surface area contributed by atoms with E-state index in [0.29, 0.717) is 21.8 Å². The monoisotopic (exact) mass is 382 g/mol. The molecular weight excluding hydrogens is 368 g/mol. The van der Waals surface area contributed by atoms with Gasteiger partial charge in [-0.25, -0.2) is 4.79 Å². The maximum atomic E-state index is 11.6. The molecule has 0 aliphatic heterocycles. The summed E-state index contributed by atoms with van der Waals surface area (Å²) >= 11 is 9.66. The van der Waals surface area contributed by atoms with Crippen LogP contribution in [0.5, 0.6) is 0 Å². The van der Waals surface area contributed by atoms with Crippen LogP contribution in [-0.2, 0) is 4.74 Å². The van der Waals surface area contributed by atoms with Crippen LogP contribution in [0.25, 0.3) is 0 Å². The normalized spacial score (nSPS) is 18.1. The fourth-order valence-electron chi connectivity index (χ4n) is 2.03. The Balaban J connectivity index is 2.39. The molecule has 4 nitrogen and oxygen atoms in total. The van der Waals surface area contributed by atoms with Crippen LogP contribution in [0, 0.1) is 0 Å². The number of ether oxygens (including phenoxy) is 1. The highest BCUT2D eigenvalue weighted by Crippen LogP contribution is 2.27. The first-order valence-corrected chi connectivity index (χ1v) is 7.96. The van der Waals surface area contributed by atoms with Crippen molar-refractivity contribution in [2.24, 2.45) is 4.99 Å². The molecule has 1 aliphatic rings. The van der Waals surface area contributed by atoms with Gasteiger partial charge < -0.3 is 10.5 Å². The van der Waals surface area contributed by atoms with E-state index in [-0.39, 0.29) is 4.83 Å². The molecule has 2 rings (SSSR count). The van der Waals surface area contributed by atoms with Gasteiger partial charge in [-0.05, 0) is 37.1 Å². The first kappa shape index (κ1) is 16.8. The van der Waals surface area contributed by atoms with Gasteiger partial charge in [-0.2, -0.15) is 0 Å². The fraction of sp³-hybridized carbons (Fsp3) is 0.250. The van der Waals surface area contributed by atoms with Gasteiger partial charge in [0.05, 0.1) is 29.1 Å². The summed E-state index contributed by atoms with van der Waals surface area (Å²) in [7, 11) is 1.32. The van der Waals surface area contributed by atoms with Gasteiger partial charge in [0.2, 0.25) is 0 Å². The van der Waals surface area contributed by atoms with Gasteiger partial charge in [0.15, 0.2) is 0 Å². The molecule has 0 heterocycles. The number of methoxy groups -OCH3 is 1. The number of hydrogen-bond acceptors (Lipinski definition) is 4. The van der Waals surface area contributed by atoms with E-state index in [2.05, 4.69) is 27.0 Å². The Morgan fingerprint density at radius 3 is 2.95 bits per heavy atom. The van der Waals surface area contributed by atoms with Gasteiger partial charge >= 0.3 is 5.97 Å². The molecule has 0 fully saturated rings. The van der Waals surface area contributed by atoms with Gasteiger partial charge in [0.1, 0.15) is 0 Å². The highest BCUT2D eigenvalue weighted by molar-refractivity contribution is 9.09. The van der Waals surface area contributed by atoms with Crippen molar-refractivity contribution < 1.29 is 9.53 Å². The number of nitrogens with two attached hydrogens (primary N) is 1. The van der Waals surface area contributed by atoms with Crippen molar-refractivity contribution in [1.29, 1.82) is 0 Å². The van der Waals surface area contributed by atoms with Crippen LogP contribution in [0.4, 0.5) is 5.69 Å². The molecule has 0 radical (unpaired) electrons. The number of rotatable bonds is 3. The second-order valence-electron chi connectivity index (χ2n) is 4.88. The highest BCUT2D eigenvalue weighted by atomic mass is 79.9. The average Bonchev–Trinajstić information content (AvgIpc) is 2.51. The van der Waals surface area contributed by atoms with Crippen molar-refractivity contribution in [1.82, 2.24) is 0 Å². The smallest absolute Gasteiger partial charge is 0.337 e. The predicted octanol–water partition coefficient (Wildman–Crippen LogP) is 4.13. The fourth-order valence-corrected chi connectivity index (χ4v) is 2.71. The third kappa shape index (κ3) is 3.59. The third-order valence-electron chi connectivity index (χ3n) is 3.42. The van der Waals surface area contributed by atoms with E-state index in [1.165, 1.54) is 13.2 Å². The van der Waals surface area contributed by atoms with Gasteiger partial charge in [-0.15, -0.1) is 0 Å². The minimum absolute atomic E-state index is 0.284. The van der Waals surface area contributed by atoms with E-state index in [4.69, 9.17) is 22.1 Å². The van der Waals surface area contributed by atoms with Crippen LogP contribution in [0.2, 0.25) is 5.02 Å². The quantitative estimate of drug-likeness (QED) is 0.369. The molecule has 1 aromatic rings. The van der Waals surface area contributed by atoms with Crippen LogP contribution in [0.3, 0.4) is 0 Å². The van der Waals surface area contributed by atoms with E-state index in [1.54, 1.807) is 12.3 Å². The highest BCUT2D eigenvalue weighted by Gasteiger charge is 2.14. The van der Waals surface area contributed by atoms with E-state index >= 15 is 0 Å². The predicted molar refractivity (Wildman–Crippen MR) is 94.0 cm³/mol. The van der Waals surface area contributed by atoms with Crippen molar-refractivity contribution in [3.05, 3.63) is 51.7 Å². The number of hydrogen-bond donors (Lipinski definition) is 1. The number of halogens is 2. The van der Waals surface area contributed by atoms with Gasteiger partial charge in [-0.3, -0.25) is 4.99 Å². The van der Waals surface area contributed by atoms with Gasteiger partial charge in [0, 0.05) is 16.6 Å². The summed E-state index contributed by atoms with van der Waals surface area (Å²) in [6, 6.07) is 3.10. The second-order valence-corrected chi connectivity index (χ2v) is 6.40. The number of esters is 1. The minimum Gasteiger partial charge on any atom is -0.465 e. The summed E-state index contributed by atoms with van der Waals surface area (Å²) in [4.78, 5) is 16.4. The summed E-state index contributed by atoms with van der Waals surface area (Å²) < 4.78 is 4.70. The number of nitrogens with zero attached hydrogens (tertiary/aromatic N) is 1. The molecule has 22 heavy (non-hydrogen) atoms. The number of carbonyl (C=O) groups excluding carboxylic acids is 1. The molecule has 1 atom stereocenters. The van der Waals surface area contributed by atoms with Crippen molar-refractivity contribution in [2.75, 3.05) is 12.8 Å².